The van der Waals surface area contributed by atoms with Crippen LogP contribution in [0.5, 0.6) is 0 Å². The lowest BCUT2D eigenvalue weighted by Gasteiger charge is -2.10. The summed E-state index contributed by atoms with van der Waals surface area (Å²) >= 11 is 0. The number of alkyl halides is 2. The van der Waals surface area contributed by atoms with Crippen LogP contribution in [-0.2, 0) is 0 Å². The average molecular weight is 135 g/mol. The summed E-state index contributed by atoms with van der Waals surface area (Å²) in [5.74, 6) is 0. The van der Waals surface area contributed by atoms with E-state index in [4.69, 9.17) is 0 Å². The Bertz CT molecular complexity index is 83.1. The van der Waals surface area contributed by atoms with Crippen LogP contribution in [0.3, 0.4) is 0 Å². The van der Waals surface area contributed by atoms with Gasteiger partial charge in [-0.2, -0.15) is 0 Å². The van der Waals surface area contributed by atoms with Gasteiger partial charge < -0.3 is 5.32 Å². The zero-order valence-electron chi connectivity index (χ0n) is 5.40. The van der Waals surface area contributed by atoms with E-state index >= 15 is 0 Å². The maximum absolute atomic E-state index is 11.8. The maximum atomic E-state index is 11.8. The lowest BCUT2D eigenvalue weighted by atomic mass is 10.3. The molecule has 0 saturated heterocycles. The van der Waals surface area contributed by atoms with Crippen molar-refractivity contribution < 1.29 is 8.78 Å². The van der Waals surface area contributed by atoms with E-state index in [2.05, 4.69) is 11.9 Å². The highest BCUT2D eigenvalue weighted by molar-refractivity contribution is 4.86. The number of rotatable bonds is 4. The number of likely N-dealkylation sites (N-methyl/N-ethyl adjacent to an activating group) is 1. The van der Waals surface area contributed by atoms with Gasteiger partial charge in [0.2, 0.25) is 0 Å². The van der Waals surface area contributed by atoms with Crippen LogP contribution >= 0.6 is 0 Å². The number of halogens is 2. The van der Waals surface area contributed by atoms with Gasteiger partial charge in [-0.15, -0.1) is 6.58 Å². The smallest absolute Gasteiger partial charge is 0.257 e. The van der Waals surface area contributed by atoms with Crippen molar-refractivity contribution in [2.45, 2.75) is 19.4 Å². The summed E-state index contributed by atoms with van der Waals surface area (Å²) < 4.78 is 23.5. The Morgan fingerprint density at radius 2 is 2.22 bits per heavy atom. The molecule has 54 valence electrons. The Labute approximate surface area is 53.8 Å². The second-order valence-corrected chi connectivity index (χ2v) is 1.65. The summed E-state index contributed by atoms with van der Waals surface area (Å²) in [6.45, 7) is 5.58. The largest absolute Gasteiger partial charge is 0.306 e. The van der Waals surface area contributed by atoms with E-state index in [9.17, 15) is 8.78 Å². The average Bonchev–Trinajstić information content (AvgIpc) is 1.82. The molecular weight excluding hydrogens is 124 g/mol. The predicted octanol–water partition coefficient (Wildman–Crippen LogP) is 1.42. The molecule has 0 radical (unpaired) electrons. The van der Waals surface area contributed by atoms with Crippen LogP contribution in [0.15, 0.2) is 12.7 Å². The van der Waals surface area contributed by atoms with Crippen LogP contribution in [0.25, 0.3) is 0 Å². The van der Waals surface area contributed by atoms with E-state index in [1.165, 1.54) is 6.08 Å². The quantitative estimate of drug-likeness (QED) is 0.575. The summed E-state index contributed by atoms with van der Waals surface area (Å²) in [4.78, 5) is 0. The van der Waals surface area contributed by atoms with Gasteiger partial charge in [-0.25, -0.2) is 8.78 Å². The maximum Gasteiger partial charge on any atom is 0.257 e. The first-order chi connectivity index (χ1) is 4.22. The Morgan fingerprint density at radius 1 is 1.67 bits per heavy atom. The van der Waals surface area contributed by atoms with Gasteiger partial charge in [0, 0.05) is 0 Å². The fourth-order valence-corrected chi connectivity index (χ4v) is 0.511. The fraction of sp³-hybridized carbons (Fsp3) is 0.667. The topological polar surface area (TPSA) is 12.0 Å². The molecular formula is C6H11F2N. The van der Waals surface area contributed by atoms with Gasteiger partial charge in [0.05, 0.1) is 6.04 Å². The summed E-state index contributed by atoms with van der Waals surface area (Å²) in [5, 5.41) is 2.56. The highest BCUT2D eigenvalue weighted by Crippen LogP contribution is 2.00. The van der Waals surface area contributed by atoms with Crippen LogP contribution in [0.2, 0.25) is 0 Å². The highest BCUT2D eigenvalue weighted by atomic mass is 19.3. The van der Waals surface area contributed by atoms with Crippen LogP contribution < -0.4 is 5.32 Å². The van der Waals surface area contributed by atoms with Gasteiger partial charge >= 0.3 is 0 Å². The molecule has 0 heterocycles. The normalized spacial score (nSPS) is 13.8. The molecule has 0 bridgehead atoms. The van der Waals surface area contributed by atoms with Crippen LogP contribution in [0, 0.1) is 0 Å². The molecule has 0 aliphatic heterocycles. The summed E-state index contributed by atoms with van der Waals surface area (Å²) in [6, 6.07) is -0.852. The Balaban J connectivity index is 3.54. The van der Waals surface area contributed by atoms with Gasteiger partial charge in [-0.05, 0) is 6.54 Å². The molecule has 0 amide bonds. The molecule has 0 aromatic rings. The molecule has 0 fully saturated rings. The standard InChI is InChI=1S/C6H11F2N/c1-3-5(6(7)8)9-4-2/h3,5-6,9H,1,4H2,2H3. The monoisotopic (exact) mass is 135 g/mol. The van der Waals surface area contributed by atoms with Crippen molar-refractivity contribution in [2.75, 3.05) is 6.54 Å². The molecule has 1 N–H and O–H groups in total. The van der Waals surface area contributed by atoms with E-state index in [1.807, 2.05) is 0 Å². The minimum atomic E-state index is -2.34. The van der Waals surface area contributed by atoms with Crippen molar-refractivity contribution in [3.63, 3.8) is 0 Å². The van der Waals surface area contributed by atoms with Crippen molar-refractivity contribution in [3.05, 3.63) is 12.7 Å². The zero-order valence-corrected chi connectivity index (χ0v) is 5.40. The molecule has 0 aromatic carbocycles. The van der Waals surface area contributed by atoms with E-state index in [0.29, 0.717) is 6.54 Å². The summed E-state index contributed by atoms with van der Waals surface area (Å²) in [7, 11) is 0. The van der Waals surface area contributed by atoms with Gasteiger partial charge in [0.15, 0.2) is 0 Å². The second-order valence-electron chi connectivity index (χ2n) is 1.65. The van der Waals surface area contributed by atoms with Gasteiger partial charge in [0.25, 0.3) is 6.43 Å². The van der Waals surface area contributed by atoms with Crippen LogP contribution in [-0.4, -0.2) is 19.0 Å². The van der Waals surface area contributed by atoms with Gasteiger partial charge in [-0.3, -0.25) is 0 Å². The summed E-state index contributed by atoms with van der Waals surface area (Å²) in [6.07, 6.45) is -1.13. The first-order valence-corrected chi connectivity index (χ1v) is 2.86. The molecule has 0 aliphatic carbocycles. The third-order valence-electron chi connectivity index (χ3n) is 0.965. The first-order valence-electron chi connectivity index (χ1n) is 2.86. The van der Waals surface area contributed by atoms with Crippen molar-refractivity contribution in [3.8, 4) is 0 Å². The lowest BCUT2D eigenvalue weighted by Crippen LogP contribution is -2.33. The third kappa shape index (κ3) is 3.19. The van der Waals surface area contributed by atoms with Gasteiger partial charge in [0.1, 0.15) is 0 Å². The van der Waals surface area contributed by atoms with Crippen LogP contribution in [0.1, 0.15) is 6.92 Å². The second kappa shape index (κ2) is 4.44. The highest BCUT2D eigenvalue weighted by Gasteiger charge is 2.13. The van der Waals surface area contributed by atoms with E-state index < -0.39 is 12.5 Å². The first kappa shape index (κ1) is 8.56. The van der Waals surface area contributed by atoms with Crippen molar-refractivity contribution in [1.29, 1.82) is 0 Å². The molecule has 0 aromatic heterocycles. The molecule has 9 heavy (non-hydrogen) atoms. The Morgan fingerprint density at radius 3 is 2.33 bits per heavy atom. The number of nitrogens with one attached hydrogen (secondary N) is 1. The number of hydrogen-bond donors (Lipinski definition) is 1. The number of hydrogen-bond acceptors (Lipinski definition) is 1. The molecule has 1 nitrogen and oxygen atoms in total. The predicted molar refractivity (Wildman–Crippen MR) is 33.7 cm³/mol. The molecule has 0 rings (SSSR count). The van der Waals surface area contributed by atoms with E-state index in [-0.39, 0.29) is 0 Å². The minimum Gasteiger partial charge on any atom is -0.306 e. The fourth-order valence-electron chi connectivity index (χ4n) is 0.511. The van der Waals surface area contributed by atoms with Crippen LogP contribution in [0.4, 0.5) is 8.78 Å². The third-order valence-corrected chi connectivity index (χ3v) is 0.965. The van der Waals surface area contributed by atoms with Crippen molar-refractivity contribution in [1.82, 2.24) is 5.32 Å². The molecule has 1 unspecified atom stereocenters. The molecule has 0 aliphatic rings. The van der Waals surface area contributed by atoms with Gasteiger partial charge in [-0.1, -0.05) is 13.0 Å². The zero-order chi connectivity index (χ0) is 7.28. The molecule has 0 saturated carbocycles. The minimum absolute atomic E-state index is 0.543. The van der Waals surface area contributed by atoms with Crippen molar-refractivity contribution in [2.24, 2.45) is 0 Å². The lowest BCUT2D eigenvalue weighted by molar-refractivity contribution is 0.119. The molecule has 3 heteroatoms. The SMILES string of the molecule is C=CC(NCC)C(F)F. The van der Waals surface area contributed by atoms with Crippen molar-refractivity contribution >= 4 is 0 Å². The molecule has 0 spiro atoms. The summed E-state index contributed by atoms with van der Waals surface area (Å²) in [5.41, 5.74) is 0. The molecule has 1 atom stereocenters. The Hall–Kier alpha value is -0.440. The van der Waals surface area contributed by atoms with E-state index in [0.717, 1.165) is 0 Å². The van der Waals surface area contributed by atoms with E-state index in [1.54, 1.807) is 6.92 Å². The Kier molecular flexibility index (Phi) is 4.22.